The van der Waals surface area contributed by atoms with Crippen LogP contribution < -0.4 is 10.3 Å². The smallest absolute Gasteiger partial charge is 0.260 e. The van der Waals surface area contributed by atoms with Crippen LogP contribution in [0.4, 0.5) is 0 Å². The third kappa shape index (κ3) is 3.29. The summed E-state index contributed by atoms with van der Waals surface area (Å²) in [6.45, 7) is 4.24. The molecule has 1 atom stereocenters. The van der Waals surface area contributed by atoms with E-state index >= 15 is 0 Å². The molecule has 142 valence electrons. The average Bonchev–Trinajstić information content (AvgIpc) is 3.12. The quantitative estimate of drug-likeness (QED) is 0.421. The van der Waals surface area contributed by atoms with Gasteiger partial charge in [0, 0.05) is 0 Å². The molecule has 0 aliphatic rings. The van der Waals surface area contributed by atoms with Crippen LogP contribution in [-0.2, 0) is 0 Å². The van der Waals surface area contributed by atoms with Crippen molar-refractivity contribution >= 4 is 21.6 Å². The Hall–Kier alpha value is -3.05. The summed E-state index contributed by atoms with van der Waals surface area (Å²) in [6.07, 6.45) is 0.958. The van der Waals surface area contributed by atoms with E-state index in [-0.39, 0.29) is 16.9 Å². The van der Waals surface area contributed by atoms with E-state index in [9.17, 15) is 9.90 Å². The maximum Gasteiger partial charge on any atom is 0.260 e. The third-order valence-corrected chi connectivity index (χ3v) is 5.91. The Labute approximate surface area is 167 Å². The molecule has 1 unspecified atom stereocenters. The zero-order valence-corrected chi connectivity index (χ0v) is 16.5. The number of para-hydroxylation sites is 1. The first-order valence-corrected chi connectivity index (χ1v) is 10.2. The van der Waals surface area contributed by atoms with Crippen molar-refractivity contribution < 1.29 is 9.84 Å². The molecule has 2 N–H and O–H groups in total. The number of benzene rings is 2. The van der Waals surface area contributed by atoms with Crippen LogP contribution in [0.15, 0.2) is 64.8 Å². The number of thiophene rings is 1. The van der Waals surface area contributed by atoms with Crippen molar-refractivity contribution in [1.29, 1.82) is 0 Å². The van der Waals surface area contributed by atoms with Crippen LogP contribution in [0.1, 0.15) is 31.7 Å². The third-order valence-electron chi connectivity index (χ3n) is 4.99. The molecule has 0 aliphatic heterocycles. The molecular formula is C23H21NO3S. The molecule has 4 nitrogen and oxygen atoms in total. The number of rotatable bonds is 5. The highest BCUT2D eigenvalue weighted by Gasteiger charge is 2.20. The topological polar surface area (TPSA) is 62.3 Å². The van der Waals surface area contributed by atoms with Gasteiger partial charge >= 0.3 is 0 Å². The van der Waals surface area contributed by atoms with Crippen LogP contribution in [0.25, 0.3) is 21.3 Å². The van der Waals surface area contributed by atoms with Crippen LogP contribution >= 0.6 is 11.3 Å². The predicted molar refractivity (Wildman–Crippen MR) is 115 cm³/mol. The van der Waals surface area contributed by atoms with E-state index in [4.69, 9.17) is 4.74 Å². The van der Waals surface area contributed by atoms with Gasteiger partial charge in [-0.05, 0) is 53.1 Å². The van der Waals surface area contributed by atoms with E-state index in [0.717, 1.165) is 17.4 Å². The van der Waals surface area contributed by atoms with Crippen LogP contribution in [0.5, 0.6) is 17.2 Å². The number of pyridine rings is 1. The molecule has 0 radical (unpaired) electrons. The lowest BCUT2D eigenvalue weighted by molar-refractivity contribution is 0.480. The van der Waals surface area contributed by atoms with Crippen molar-refractivity contribution in [3.05, 3.63) is 75.9 Å². The number of H-pyrrole nitrogens is 1. The molecule has 4 rings (SSSR count). The first kappa shape index (κ1) is 18.3. The summed E-state index contributed by atoms with van der Waals surface area (Å²) in [4.78, 5) is 16.4. The molecule has 0 aliphatic carbocycles. The number of nitrogens with one attached hydrogen (secondary N) is 1. The largest absolute Gasteiger partial charge is 0.506 e. The van der Waals surface area contributed by atoms with Crippen molar-refractivity contribution in [1.82, 2.24) is 4.98 Å². The molecular weight excluding hydrogens is 370 g/mol. The Kier molecular flexibility index (Phi) is 4.92. The second kappa shape index (κ2) is 7.52. The standard InChI is InChI=1S/C23H21NO3S/c1-3-14(2)18-13-28-23-20(18)21(25)19(22(26)24-23)15-8-7-11-17(12-15)27-16-9-5-4-6-10-16/h4-14H,3H2,1-2H3,(H2,24,25,26). The number of aromatic nitrogens is 1. The van der Waals surface area contributed by atoms with E-state index in [1.807, 2.05) is 53.9 Å². The van der Waals surface area contributed by atoms with E-state index in [1.54, 1.807) is 6.07 Å². The van der Waals surface area contributed by atoms with Gasteiger partial charge in [0.05, 0.1) is 10.9 Å². The summed E-state index contributed by atoms with van der Waals surface area (Å²) >= 11 is 1.45. The minimum atomic E-state index is -0.306. The van der Waals surface area contributed by atoms with Gasteiger partial charge in [-0.1, -0.05) is 44.2 Å². The first-order chi connectivity index (χ1) is 13.6. The fraction of sp³-hybridized carbons (Fsp3) is 0.174. The highest BCUT2D eigenvalue weighted by atomic mass is 32.1. The highest BCUT2D eigenvalue weighted by Crippen LogP contribution is 2.41. The maximum absolute atomic E-state index is 12.7. The summed E-state index contributed by atoms with van der Waals surface area (Å²) in [6, 6.07) is 16.7. The van der Waals surface area contributed by atoms with Gasteiger partial charge in [-0.25, -0.2) is 0 Å². The Bertz CT molecular complexity index is 1180. The van der Waals surface area contributed by atoms with E-state index in [2.05, 4.69) is 18.8 Å². The van der Waals surface area contributed by atoms with Gasteiger partial charge in [0.25, 0.3) is 5.56 Å². The summed E-state index contributed by atoms with van der Waals surface area (Å²) < 4.78 is 5.88. The van der Waals surface area contributed by atoms with Gasteiger partial charge in [0.2, 0.25) is 0 Å². The number of aromatic hydroxyl groups is 1. The van der Waals surface area contributed by atoms with Crippen LogP contribution in [-0.4, -0.2) is 10.1 Å². The SMILES string of the molecule is CCC(C)c1csc2[nH]c(=O)c(-c3cccc(Oc4ccccc4)c3)c(O)c12. The molecule has 0 amide bonds. The van der Waals surface area contributed by atoms with E-state index < -0.39 is 0 Å². The van der Waals surface area contributed by atoms with Crippen molar-refractivity contribution in [2.75, 3.05) is 0 Å². The molecule has 28 heavy (non-hydrogen) atoms. The van der Waals surface area contributed by atoms with Gasteiger partial charge < -0.3 is 14.8 Å². The second-order valence-electron chi connectivity index (χ2n) is 6.83. The normalized spacial score (nSPS) is 12.2. The van der Waals surface area contributed by atoms with Crippen molar-refractivity contribution in [2.24, 2.45) is 0 Å². The molecule has 0 saturated carbocycles. The predicted octanol–water partition coefficient (Wildman–Crippen LogP) is 6.27. The second-order valence-corrected chi connectivity index (χ2v) is 7.70. The summed E-state index contributed by atoms with van der Waals surface area (Å²) in [7, 11) is 0. The Morgan fingerprint density at radius 3 is 2.61 bits per heavy atom. The first-order valence-electron chi connectivity index (χ1n) is 9.28. The molecule has 2 heterocycles. The fourth-order valence-corrected chi connectivity index (χ4v) is 4.37. The molecule has 2 aromatic carbocycles. The molecule has 0 bridgehead atoms. The molecule has 2 aromatic heterocycles. The van der Waals surface area contributed by atoms with Gasteiger partial charge in [0.1, 0.15) is 22.1 Å². The zero-order valence-electron chi connectivity index (χ0n) is 15.7. The van der Waals surface area contributed by atoms with Crippen LogP contribution in [0.2, 0.25) is 0 Å². The summed E-state index contributed by atoms with van der Waals surface area (Å²) in [5.41, 5.74) is 1.65. The highest BCUT2D eigenvalue weighted by molar-refractivity contribution is 7.17. The summed E-state index contributed by atoms with van der Waals surface area (Å²) in [5, 5.41) is 13.8. The van der Waals surface area contributed by atoms with Crippen LogP contribution in [0, 0.1) is 0 Å². The van der Waals surface area contributed by atoms with Gasteiger partial charge in [-0.3, -0.25) is 4.79 Å². The van der Waals surface area contributed by atoms with Crippen molar-refractivity contribution in [3.63, 3.8) is 0 Å². The maximum atomic E-state index is 12.7. The summed E-state index contributed by atoms with van der Waals surface area (Å²) in [5.74, 6) is 1.65. The minimum absolute atomic E-state index is 0.0344. The number of aromatic amines is 1. The minimum Gasteiger partial charge on any atom is -0.506 e. The number of ether oxygens (including phenoxy) is 1. The number of fused-ring (bicyclic) bond motifs is 1. The fourth-order valence-electron chi connectivity index (χ4n) is 3.30. The molecule has 0 saturated heterocycles. The van der Waals surface area contributed by atoms with Gasteiger partial charge in [-0.2, -0.15) is 0 Å². The van der Waals surface area contributed by atoms with Crippen LogP contribution in [0.3, 0.4) is 0 Å². The Morgan fingerprint density at radius 1 is 1.11 bits per heavy atom. The Balaban J connectivity index is 1.83. The van der Waals surface area contributed by atoms with E-state index in [0.29, 0.717) is 27.8 Å². The van der Waals surface area contributed by atoms with E-state index in [1.165, 1.54) is 11.3 Å². The number of hydrogen-bond donors (Lipinski definition) is 2. The molecule has 5 heteroatoms. The van der Waals surface area contributed by atoms with Crippen molar-refractivity contribution in [3.8, 4) is 28.4 Å². The van der Waals surface area contributed by atoms with Gasteiger partial charge in [-0.15, -0.1) is 11.3 Å². The lowest BCUT2D eigenvalue weighted by Crippen LogP contribution is -2.09. The number of hydrogen-bond acceptors (Lipinski definition) is 4. The average molecular weight is 391 g/mol. The van der Waals surface area contributed by atoms with Crippen molar-refractivity contribution in [2.45, 2.75) is 26.2 Å². The Morgan fingerprint density at radius 2 is 1.86 bits per heavy atom. The zero-order chi connectivity index (χ0) is 19.7. The lowest BCUT2D eigenvalue weighted by Gasteiger charge is -2.11. The molecule has 4 aromatic rings. The monoisotopic (exact) mass is 391 g/mol. The van der Waals surface area contributed by atoms with Gasteiger partial charge in [0.15, 0.2) is 0 Å². The molecule has 0 fully saturated rings. The molecule has 0 spiro atoms. The lowest BCUT2D eigenvalue weighted by atomic mass is 9.96.